The Morgan fingerprint density at radius 3 is 2.83 bits per heavy atom. The van der Waals surface area contributed by atoms with Gasteiger partial charge in [0.25, 0.3) is 5.91 Å². The Hall–Kier alpha value is -2.37. The number of nitrogens with zero attached hydrogens (tertiary/aromatic N) is 1. The summed E-state index contributed by atoms with van der Waals surface area (Å²) in [4.78, 5) is 23.1. The van der Waals surface area contributed by atoms with Gasteiger partial charge in [-0.25, -0.2) is 0 Å². The molecule has 0 unspecified atom stereocenters. The summed E-state index contributed by atoms with van der Waals surface area (Å²) in [5.74, 6) is -0.579. The molecule has 0 saturated heterocycles. The topological polar surface area (TPSA) is 86.9 Å². The maximum Gasteiger partial charge on any atom is 0.272 e. The fourth-order valence-corrected chi connectivity index (χ4v) is 1.64. The second-order valence-electron chi connectivity index (χ2n) is 3.75. The number of aromatic nitrogens is 2. The van der Waals surface area contributed by atoms with Crippen LogP contribution in [0, 0.1) is 0 Å². The van der Waals surface area contributed by atoms with Crippen molar-refractivity contribution in [1.29, 1.82) is 0 Å². The molecule has 1 aromatic carbocycles. The van der Waals surface area contributed by atoms with Crippen molar-refractivity contribution in [2.75, 3.05) is 13.1 Å². The molecule has 0 atom stereocenters. The summed E-state index contributed by atoms with van der Waals surface area (Å²) in [5, 5.41) is 12.6. The van der Waals surface area contributed by atoms with Crippen LogP contribution < -0.4 is 10.6 Å². The molecular formula is C12H14N4O2. The van der Waals surface area contributed by atoms with E-state index >= 15 is 0 Å². The van der Waals surface area contributed by atoms with Crippen molar-refractivity contribution in [2.45, 2.75) is 6.92 Å². The van der Waals surface area contributed by atoms with E-state index in [1.165, 1.54) is 0 Å². The highest BCUT2D eigenvalue weighted by Gasteiger charge is 2.14. The lowest BCUT2D eigenvalue weighted by Crippen LogP contribution is -2.36. The number of fused-ring (bicyclic) bond motifs is 1. The van der Waals surface area contributed by atoms with Gasteiger partial charge in [-0.3, -0.25) is 14.7 Å². The summed E-state index contributed by atoms with van der Waals surface area (Å²) in [6.45, 7) is 2.31. The number of para-hydroxylation sites is 1. The van der Waals surface area contributed by atoms with Gasteiger partial charge in [0, 0.05) is 11.9 Å². The average Bonchev–Trinajstić information content (AvgIpc) is 2.80. The zero-order valence-electron chi connectivity index (χ0n) is 9.99. The van der Waals surface area contributed by atoms with Crippen molar-refractivity contribution in [1.82, 2.24) is 20.8 Å². The van der Waals surface area contributed by atoms with Crippen LogP contribution in [-0.2, 0) is 4.79 Å². The molecule has 0 aliphatic rings. The molecule has 0 saturated carbocycles. The Morgan fingerprint density at radius 1 is 1.28 bits per heavy atom. The van der Waals surface area contributed by atoms with Crippen LogP contribution in [0.25, 0.3) is 10.9 Å². The van der Waals surface area contributed by atoms with Gasteiger partial charge in [0.15, 0.2) is 5.69 Å². The smallest absolute Gasteiger partial charge is 0.272 e. The molecule has 6 nitrogen and oxygen atoms in total. The molecule has 0 radical (unpaired) electrons. The molecule has 2 aromatic rings. The van der Waals surface area contributed by atoms with Gasteiger partial charge in [0.05, 0.1) is 12.1 Å². The monoisotopic (exact) mass is 246 g/mol. The van der Waals surface area contributed by atoms with E-state index < -0.39 is 0 Å². The molecule has 0 aliphatic heterocycles. The molecule has 3 N–H and O–H groups in total. The molecule has 94 valence electrons. The summed E-state index contributed by atoms with van der Waals surface area (Å²) in [6.07, 6.45) is 0. The first-order valence-corrected chi connectivity index (χ1v) is 5.70. The van der Waals surface area contributed by atoms with Crippen LogP contribution in [0.15, 0.2) is 24.3 Å². The van der Waals surface area contributed by atoms with Gasteiger partial charge < -0.3 is 10.6 Å². The summed E-state index contributed by atoms with van der Waals surface area (Å²) in [5.41, 5.74) is 1.09. The third-order valence-corrected chi connectivity index (χ3v) is 2.47. The van der Waals surface area contributed by atoms with E-state index in [2.05, 4.69) is 20.8 Å². The Bertz CT molecular complexity index is 576. The maximum atomic E-state index is 11.9. The largest absolute Gasteiger partial charge is 0.355 e. The summed E-state index contributed by atoms with van der Waals surface area (Å²) < 4.78 is 0. The first-order valence-electron chi connectivity index (χ1n) is 5.70. The minimum atomic E-state index is -0.362. The second kappa shape index (κ2) is 5.31. The van der Waals surface area contributed by atoms with Crippen LogP contribution in [0.1, 0.15) is 17.4 Å². The van der Waals surface area contributed by atoms with E-state index in [0.717, 1.165) is 10.9 Å². The standard InChI is InChI=1S/C12H14N4O2/c1-2-13-10(17)7-14-12(18)11-8-5-3-4-6-9(8)15-16-11/h3-6H,2,7H2,1H3,(H,13,17)(H,14,18)(H,15,16). The Labute approximate surface area is 104 Å². The van der Waals surface area contributed by atoms with Crippen LogP contribution in [0.5, 0.6) is 0 Å². The average molecular weight is 246 g/mol. The van der Waals surface area contributed by atoms with Gasteiger partial charge >= 0.3 is 0 Å². The molecule has 2 amide bonds. The Morgan fingerprint density at radius 2 is 2.06 bits per heavy atom. The molecule has 0 spiro atoms. The van der Waals surface area contributed by atoms with Crippen molar-refractivity contribution in [3.8, 4) is 0 Å². The lowest BCUT2D eigenvalue weighted by Gasteiger charge is -2.03. The van der Waals surface area contributed by atoms with Crippen molar-refractivity contribution < 1.29 is 9.59 Å². The molecule has 0 bridgehead atoms. The number of carbonyl (C=O) groups excluding carboxylic acids is 2. The van der Waals surface area contributed by atoms with Gasteiger partial charge in [-0.2, -0.15) is 5.10 Å². The fraction of sp³-hybridized carbons (Fsp3) is 0.250. The lowest BCUT2D eigenvalue weighted by atomic mass is 10.2. The zero-order valence-corrected chi connectivity index (χ0v) is 9.99. The first kappa shape index (κ1) is 12.1. The quantitative estimate of drug-likeness (QED) is 0.731. The number of H-pyrrole nitrogens is 1. The normalized spacial score (nSPS) is 10.3. The highest BCUT2D eigenvalue weighted by atomic mass is 16.2. The molecule has 1 heterocycles. The summed E-state index contributed by atoms with van der Waals surface area (Å²) in [6, 6.07) is 7.33. The number of nitrogens with one attached hydrogen (secondary N) is 3. The minimum Gasteiger partial charge on any atom is -0.355 e. The van der Waals surface area contributed by atoms with Crippen LogP contribution in [0.4, 0.5) is 0 Å². The predicted molar refractivity (Wildman–Crippen MR) is 67.1 cm³/mol. The molecule has 1 aromatic heterocycles. The molecule has 0 fully saturated rings. The van der Waals surface area contributed by atoms with Gasteiger partial charge in [0.2, 0.25) is 5.91 Å². The van der Waals surface area contributed by atoms with Crippen LogP contribution in [0.2, 0.25) is 0 Å². The number of rotatable bonds is 4. The number of likely N-dealkylation sites (N-methyl/N-ethyl adjacent to an activating group) is 1. The molecule has 2 rings (SSSR count). The van der Waals surface area contributed by atoms with Crippen molar-refractivity contribution in [2.24, 2.45) is 0 Å². The molecule has 0 aliphatic carbocycles. The lowest BCUT2D eigenvalue weighted by molar-refractivity contribution is -0.120. The third-order valence-electron chi connectivity index (χ3n) is 2.47. The van der Waals surface area contributed by atoms with E-state index in [4.69, 9.17) is 0 Å². The van der Waals surface area contributed by atoms with Crippen molar-refractivity contribution >= 4 is 22.7 Å². The molecular weight excluding hydrogens is 232 g/mol. The van der Waals surface area contributed by atoms with Crippen LogP contribution >= 0.6 is 0 Å². The maximum absolute atomic E-state index is 11.9. The summed E-state index contributed by atoms with van der Waals surface area (Å²) in [7, 11) is 0. The van der Waals surface area contributed by atoms with Gasteiger partial charge in [-0.05, 0) is 13.0 Å². The Balaban J connectivity index is 2.07. The van der Waals surface area contributed by atoms with Crippen molar-refractivity contribution in [3.63, 3.8) is 0 Å². The van der Waals surface area contributed by atoms with Crippen LogP contribution in [0.3, 0.4) is 0 Å². The Kier molecular flexibility index (Phi) is 3.57. The van der Waals surface area contributed by atoms with Crippen LogP contribution in [-0.4, -0.2) is 35.1 Å². The molecule has 6 heteroatoms. The van der Waals surface area contributed by atoms with Gasteiger partial charge in [-0.15, -0.1) is 0 Å². The number of benzene rings is 1. The van der Waals surface area contributed by atoms with Crippen molar-refractivity contribution in [3.05, 3.63) is 30.0 Å². The number of carbonyl (C=O) groups is 2. The fourth-order valence-electron chi connectivity index (χ4n) is 1.64. The number of amides is 2. The third kappa shape index (κ3) is 2.48. The molecule has 18 heavy (non-hydrogen) atoms. The second-order valence-corrected chi connectivity index (χ2v) is 3.75. The highest BCUT2D eigenvalue weighted by Crippen LogP contribution is 2.14. The van der Waals surface area contributed by atoms with E-state index in [1.54, 1.807) is 6.07 Å². The highest BCUT2D eigenvalue weighted by molar-refractivity contribution is 6.05. The number of aromatic amines is 1. The van der Waals surface area contributed by atoms with E-state index in [9.17, 15) is 9.59 Å². The SMILES string of the molecule is CCNC(=O)CNC(=O)c1n[nH]c2ccccc12. The minimum absolute atomic E-state index is 0.0478. The van der Waals surface area contributed by atoms with E-state index in [1.807, 2.05) is 25.1 Å². The zero-order chi connectivity index (χ0) is 13.0. The van der Waals surface area contributed by atoms with Gasteiger partial charge in [0.1, 0.15) is 0 Å². The predicted octanol–water partition coefficient (Wildman–Crippen LogP) is 0.429. The first-order chi connectivity index (χ1) is 8.72. The van der Waals surface area contributed by atoms with E-state index in [-0.39, 0.29) is 18.4 Å². The summed E-state index contributed by atoms with van der Waals surface area (Å²) >= 11 is 0. The van der Waals surface area contributed by atoms with Gasteiger partial charge in [-0.1, -0.05) is 18.2 Å². The van der Waals surface area contributed by atoms with E-state index in [0.29, 0.717) is 12.2 Å². The number of hydrogen-bond donors (Lipinski definition) is 3. The number of hydrogen-bond acceptors (Lipinski definition) is 3.